The number of nitrogens with zero attached hydrogens (tertiary/aromatic N) is 1. The van der Waals surface area contributed by atoms with E-state index in [9.17, 15) is 19.0 Å². The Hall–Kier alpha value is -0.990. The number of quaternary nitrogens is 1. The number of ether oxygens (including phenoxy) is 2. The summed E-state index contributed by atoms with van der Waals surface area (Å²) in [5.41, 5.74) is 0. The van der Waals surface area contributed by atoms with Crippen LogP contribution in [0.1, 0.15) is 239 Å². The second-order valence-electron chi connectivity index (χ2n) is 17.8. The number of carbonyl (C=O) groups is 2. The first kappa shape index (κ1) is 56.0. The summed E-state index contributed by atoms with van der Waals surface area (Å²) in [7, 11) is 1.18. The summed E-state index contributed by atoms with van der Waals surface area (Å²) in [6, 6.07) is 0. The Kier molecular flexibility index (Phi) is 39.7. The predicted molar refractivity (Wildman–Crippen MR) is 236 cm³/mol. The molecule has 340 valence electrons. The molecule has 0 saturated heterocycles. The number of unbranched alkanes of at least 4 members (excludes halogenated alkanes) is 31. The minimum atomic E-state index is -4.62. The lowest BCUT2D eigenvalue weighted by atomic mass is 10.0. The van der Waals surface area contributed by atoms with Gasteiger partial charge in [0.25, 0.3) is 7.82 Å². The summed E-state index contributed by atoms with van der Waals surface area (Å²) in [5.74, 6) is -0.816. The Morgan fingerprint density at radius 1 is 0.474 bits per heavy atom. The molecule has 9 nitrogen and oxygen atoms in total. The van der Waals surface area contributed by atoms with Gasteiger partial charge in [0.1, 0.15) is 19.8 Å². The first-order chi connectivity index (χ1) is 27.5. The molecule has 0 radical (unpaired) electrons. The van der Waals surface area contributed by atoms with Gasteiger partial charge >= 0.3 is 11.9 Å². The van der Waals surface area contributed by atoms with Gasteiger partial charge in [-0.15, -0.1) is 0 Å². The molecule has 0 aliphatic heterocycles. The van der Waals surface area contributed by atoms with Gasteiger partial charge in [0.05, 0.1) is 27.7 Å². The molecule has 0 bridgehead atoms. The fourth-order valence-electron chi connectivity index (χ4n) is 7.07. The van der Waals surface area contributed by atoms with Gasteiger partial charge < -0.3 is 27.9 Å². The molecule has 0 aromatic carbocycles. The molecule has 0 aliphatic rings. The maximum absolute atomic E-state index is 12.7. The zero-order chi connectivity index (χ0) is 42.1. The third-order valence-electron chi connectivity index (χ3n) is 10.9. The summed E-state index contributed by atoms with van der Waals surface area (Å²) < 4.78 is 34.0. The number of phosphoric ester groups is 1. The second-order valence-corrected chi connectivity index (χ2v) is 19.3. The van der Waals surface area contributed by atoms with Crippen molar-refractivity contribution in [3.63, 3.8) is 0 Å². The third kappa shape index (κ3) is 44.4. The second kappa shape index (κ2) is 40.4. The standard InChI is InChI=1S/C47H94NO8P/c1-6-8-10-12-14-16-18-20-22-23-24-26-28-30-32-34-36-38-40-47(50)56-45(44-55-57(51,52)54-42-41-48(3,4)5)43-53-46(49)39-37-35-33-31-29-27-25-21-19-17-15-13-11-9-7-2/h45H,6-44H2,1-5H3. The van der Waals surface area contributed by atoms with Crippen molar-refractivity contribution in [3.05, 3.63) is 0 Å². The average Bonchev–Trinajstić information content (AvgIpc) is 3.16. The molecule has 0 heterocycles. The summed E-state index contributed by atoms with van der Waals surface area (Å²) >= 11 is 0. The quantitative estimate of drug-likeness (QED) is 0.0258. The molecule has 0 saturated carbocycles. The van der Waals surface area contributed by atoms with Crippen molar-refractivity contribution < 1.29 is 42.1 Å². The van der Waals surface area contributed by atoms with Crippen LogP contribution in [0.5, 0.6) is 0 Å². The Labute approximate surface area is 353 Å². The Bertz CT molecular complexity index is 943. The number of likely N-dealkylation sites (N-methyl/N-ethyl adjacent to an activating group) is 1. The molecular weight excluding hydrogens is 737 g/mol. The highest BCUT2D eigenvalue weighted by Gasteiger charge is 2.21. The van der Waals surface area contributed by atoms with E-state index in [4.69, 9.17) is 18.5 Å². The SMILES string of the molecule is CCCCCCCCCCCCCCCCCCCCC(=O)OC(COC(=O)CCCCCCCCCCCCCCCCC)COP(=O)([O-])OCC[N+](C)(C)C. The fraction of sp³-hybridized carbons (Fsp3) is 0.957. The van der Waals surface area contributed by atoms with E-state index >= 15 is 0 Å². The Morgan fingerprint density at radius 2 is 0.789 bits per heavy atom. The van der Waals surface area contributed by atoms with E-state index in [0.717, 1.165) is 32.1 Å². The summed E-state index contributed by atoms with van der Waals surface area (Å²) in [6.45, 7) is 4.28. The van der Waals surface area contributed by atoms with Gasteiger partial charge in [-0.3, -0.25) is 14.2 Å². The minimum absolute atomic E-state index is 0.0255. The molecule has 2 atom stereocenters. The third-order valence-corrected chi connectivity index (χ3v) is 11.8. The van der Waals surface area contributed by atoms with Crippen LogP contribution in [0.4, 0.5) is 0 Å². The molecule has 0 aromatic rings. The lowest BCUT2D eigenvalue weighted by molar-refractivity contribution is -0.870. The van der Waals surface area contributed by atoms with Crippen molar-refractivity contribution in [1.29, 1.82) is 0 Å². The molecule has 0 aliphatic carbocycles. The molecule has 0 rings (SSSR count). The van der Waals surface area contributed by atoms with Crippen LogP contribution in [0, 0.1) is 0 Å². The normalized spacial score (nSPS) is 13.4. The van der Waals surface area contributed by atoms with Crippen molar-refractivity contribution >= 4 is 19.8 Å². The summed E-state index contributed by atoms with van der Waals surface area (Å²) in [5, 5.41) is 0. The molecule has 57 heavy (non-hydrogen) atoms. The lowest BCUT2D eigenvalue weighted by Crippen LogP contribution is -2.37. The molecule has 2 unspecified atom stereocenters. The van der Waals surface area contributed by atoms with E-state index in [2.05, 4.69) is 13.8 Å². The van der Waals surface area contributed by atoms with Crippen molar-refractivity contribution in [2.45, 2.75) is 245 Å². The van der Waals surface area contributed by atoms with Crippen molar-refractivity contribution in [2.24, 2.45) is 0 Å². The van der Waals surface area contributed by atoms with E-state index in [1.165, 1.54) is 173 Å². The number of phosphoric acid groups is 1. The van der Waals surface area contributed by atoms with Crippen molar-refractivity contribution in [3.8, 4) is 0 Å². The van der Waals surface area contributed by atoms with Gasteiger partial charge in [-0.25, -0.2) is 0 Å². The monoisotopic (exact) mass is 832 g/mol. The predicted octanol–water partition coefficient (Wildman–Crippen LogP) is 13.3. The minimum Gasteiger partial charge on any atom is -0.756 e. The first-order valence-electron chi connectivity index (χ1n) is 24.2. The van der Waals surface area contributed by atoms with Crippen LogP contribution in [-0.4, -0.2) is 70.0 Å². The van der Waals surface area contributed by atoms with Crippen molar-refractivity contribution in [1.82, 2.24) is 0 Å². The van der Waals surface area contributed by atoms with Crippen LogP contribution in [-0.2, 0) is 32.7 Å². The maximum Gasteiger partial charge on any atom is 0.306 e. The van der Waals surface area contributed by atoms with Crippen LogP contribution in [0.25, 0.3) is 0 Å². The van der Waals surface area contributed by atoms with Crippen LogP contribution < -0.4 is 4.89 Å². The number of hydrogen-bond acceptors (Lipinski definition) is 8. The largest absolute Gasteiger partial charge is 0.756 e. The van der Waals surface area contributed by atoms with Crippen LogP contribution in [0.3, 0.4) is 0 Å². The molecule has 0 fully saturated rings. The maximum atomic E-state index is 12.7. The van der Waals surface area contributed by atoms with Crippen LogP contribution >= 0.6 is 7.82 Å². The molecule has 0 spiro atoms. The first-order valence-corrected chi connectivity index (χ1v) is 25.7. The van der Waals surface area contributed by atoms with Gasteiger partial charge in [-0.1, -0.05) is 213 Å². The Balaban J connectivity index is 4.24. The Morgan fingerprint density at radius 3 is 1.12 bits per heavy atom. The van der Waals surface area contributed by atoms with Gasteiger partial charge in [0, 0.05) is 12.8 Å². The highest BCUT2D eigenvalue weighted by molar-refractivity contribution is 7.45. The van der Waals surface area contributed by atoms with E-state index < -0.39 is 26.5 Å². The zero-order valence-electron chi connectivity index (χ0n) is 38.3. The fourth-order valence-corrected chi connectivity index (χ4v) is 7.80. The van der Waals surface area contributed by atoms with E-state index in [1.54, 1.807) is 0 Å². The average molecular weight is 832 g/mol. The lowest BCUT2D eigenvalue weighted by Gasteiger charge is -2.28. The number of rotatable bonds is 45. The number of carbonyl (C=O) groups excluding carboxylic acids is 2. The smallest absolute Gasteiger partial charge is 0.306 e. The summed E-state index contributed by atoms with van der Waals surface area (Å²) in [4.78, 5) is 37.6. The summed E-state index contributed by atoms with van der Waals surface area (Å²) in [6.07, 6.45) is 41.2. The number of hydrogen-bond donors (Lipinski definition) is 0. The van der Waals surface area contributed by atoms with Gasteiger partial charge in [-0.05, 0) is 12.8 Å². The van der Waals surface area contributed by atoms with E-state index in [1.807, 2.05) is 21.1 Å². The highest BCUT2D eigenvalue weighted by atomic mass is 31.2. The van der Waals surface area contributed by atoms with Gasteiger partial charge in [0.15, 0.2) is 6.10 Å². The van der Waals surface area contributed by atoms with Crippen molar-refractivity contribution in [2.75, 3.05) is 47.5 Å². The van der Waals surface area contributed by atoms with Crippen LogP contribution in [0.15, 0.2) is 0 Å². The van der Waals surface area contributed by atoms with E-state index in [0.29, 0.717) is 17.4 Å². The molecule has 0 N–H and O–H groups in total. The van der Waals surface area contributed by atoms with E-state index in [-0.39, 0.29) is 32.0 Å². The van der Waals surface area contributed by atoms with Gasteiger partial charge in [-0.2, -0.15) is 0 Å². The highest BCUT2D eigenvalue weighted by Crippen LogP contribution is 2.38. The zero-order valence-corrected chi connectivity index (χ0v) is 39.2. The van der Waals surface area contributed by atoms with Crippen LogP contribution in [0.2, 0.25) is 0 Å². The molecule has 10 heteroatoms. The topological polar surface area (TPSA) is 111 Å². The molecule has 0 aromatic heterocycles. The molecular formula is C47H94NO8P. The van der Waals surface area contributed by atoms with Gasteiger partial charge in [0.2, 0.25) is 0 Å². The molecule has 0 amide bonds. The number of esters is 2.